The molecule has 110 valence electrons. The Morgan fingerprint density at radius 1 is 1.29 bits per heavy atom. The molecule has 2 rings (SSSR count). The maximum absolute atomic E-state index is 12.0. The third-order valence-electron chi connectivity index (χ3n) is 2.51. The molecule has 7 heteroatoms. The second-order valence-corrected chi connectivity index (χ2v) is 5.14. The number of amides is 1. The van der Waals surface area contributed by atoms with Gasteiger partial charge < -0.3 is 14.5 Å². The van der Waals surface area contributed by atoms with Crippen LogP contribution in [0.1, 0.15) is 27.2 Å². The topological polar surface area (TPSA) is 85.6 Å². The molecular weight excluding hydrogens is 294 g/mol. The van der Waals surface area contributed by atoms with Gasteiger partial charge in [0, 0.05) is 4.88 Å². The Bertz CT molecular complexity index is 644. The summed E-state index contributed by atoms with van der Waals surface area (Å²) >= 11 is 1.23. The Balaban J connectivity index is 1.93. The number of rotatable bonds is 5. The van der Waals surface area contributed by atoms with Crippen LogP contribution in [-0.4, -0.2) is 24.3 Å². The summed E-state index contributed by atoms with van der Waals surface area (Å²) in [6.07, 6.45) is 1.43. The van der Waals surface area contributed by atoms with Gasteiger partial charge in [-0.25, -0.2) is 4.79 Å². The second kappa shape index (κ2) is 6.85. The van der Waals surface area contributed by atoms with E-state index in [1.54, 1.807) is 31.2 Å². The fraction of sp³-hybridized carbons (Fsp3) is 0.214. The maximum Gasteiger partial charge on any atom is 0.396 e. The van der Waals surface area contributed by atoms with Crippen LogP contribution in [0.2, 0.25) is 0 Å². The molecule has 0 aliphatic carbocycles. The fourth-order valence-electron chi connectivity index (χ4n) is 1.56. The molecule has 0 radical (unpaired) electrons. The number of ether oxygens (including phenoxy) is 1. The van der Waals surface area contributed by atoms with Crippen LogP contribution in [-0.2, 0) is 20.9 Å². The van der Waals surface area contributed by atoms with Crippen LogP contribution < -0.4 is 5.32 Å². The number of thiophene rings is 1. The summed E-state index contributed by atoms with van der Waals surface area (Å²) in [5, 5.41) is 2.43. The van der Waals surface area contributed by atoms with Crippen molar-refractivity contribution in [3.8, 4) is 0 Å². The zero-order chi connectivity index (χ0) is 15.2. The van der Waals surface area contributed by atoms with Crippen LogP contribution >= 0.6 is 11.3 Å². The molecular formula is C14H13NO5S. The summed E-state index contributed by atoms with van der Waals surface area (Å²) in [4.78, 5) is 35.8. The number of carbonyl (C=O) groups excluding carboxylic acids is 3. The highest BCUT2D eigenvalue weighted by Gasteiger charge is 2.16. The summed E-state index contributed by atoms with van der Waals surface area (Å²) < 4.78 is 9.61. The molecule has 2 heterocycles. The van der Waals surface area contributed by atoms with Crippen molar-refractivity contribution in [3.05, 3.63) is 46.0 Å². The Labute approximate surface area is 124 Å². The third-order valence-corrected chi connectivity index (χ3v) is 3.60. The standard InChI is InChI=1S/C14H13NO5S/c1-2-19-14(18)13(17)15-8-9-5-6-11(21-9)12(16)10-4-3-7-20-10/h3-7H,2,8H2,1H3,(H,15,17). The van der Waals surface area contributed by atoms with Crippen molar-refractivity contribution in [2.24, 2.45) is 0 Å². The molecule has 0 saturated carbocycles. The van der Waals surface area contributed by atoms with Crippen molar-refractivity contribution in [1.29, 1.82) is 0 Å². The molecule has 6 nitrogen and oxygen atoms in total. The number of hydrogen-bond acceptors (Lipinski definition) is 6. The lowest BCUT2D eigenvalue weighted by atomic mass is 10.2. The maximum atomic E-state index is 12.0. The van der Waals surface area contributed by atoms with Crippen molar-refractivity contribution in [1.82, 2.24) is 5.32 Å². The van der Waals surface area contributed by atoms with Gasteiger partial charge >= 0.3 is 11.9 Å². The molecule has 0 aromatic carbocycles. The highest BCUT2D eigenvalue weighted by molar-refractivity contribution is 7.14. The van der Waals surface area contributed by atoms with Crippen molar-refractivity contribution in [3.63, 3.8) is 0 Å². The summed E-state index contributed by atoms with van der Waals surface area (Å²) in [6, 6.07) is 6.60. The average Bonchev–Trinajstić information content (AvgIpc) is 3.15. The molecule has 21 heavy (non-hydrogen) atoms. The van der Waals surface area contributed by atoms with Crippen LogP contribution in [0.25, 0.3) is 0 Å². The summed E-state index contributed by atoms with van der Waals surface area (Å²) in [5.41, 5.74) is 0. The van der Waals surface area contributed by atoms with E-state index in [1.807, 2.05) is 0 Å². The number of esters is 1. The van der Waals surface area contributed by atoms with E-state index in [4.69, 9.17) is 4.42 Å². The second-order valence-electron chi connectivity index (χ2n) is 3.98. The normalized spacial score (nSPS) is 10.1. The predicted molar refractivity (Wildman–Crippen MR) is 74.9 cm³/mol. The van der Waals surface area contributed by atoms with Crippen LogP contribution in [0, 0.1) is 0 Å². The van der Waals surface area contributed by atoms with E-state index in [9.17, 15) is 14.4 Å². The SMILES string of the molecule is CCOC(=O)C(=O)NCc1ccc(C(=O)c2ccco2)s1. The monoisotopic (exact) mass is 307 g/mol. The largest absolute Gasteiger partial charge is 0.461 e. The van der Waals surface area contributed by atoms with Gasteiger partial charge in [0.2, 0.25) is 5.78 Å². The zero-order valence-corrected chi connectivity index (χ0v) is 12.1. The van der Waals surface area contributed by atoms with E-state index in [1.165, 1.54) is 17.6 Å². The minimum atomic E-state index is -0.916. The van der Waals surface area contributed by atoms with E-state index in [0.717, 1.165) is 4.88 Å². The number of hydrogen-bond donors (Lipinski definition) is 1. The first-order valence-corrected chi connectivity index (χ1v) is 7.05. The highest BCUT2D eigenvalue weighted by Crippen LogP contribution is 2.20. The molecule has 0 spiro atoms. The molecule has 0 bridgehead atoms. The van der Waals surface area contributed by atoms with Crippen LogP contribution in [0.15, 0.2) is 34.9 Å². The predicted octanol–water partition coefficient (Wildman–Crippen LogP) is 1.75. The Kier molecular flexibility index (Phi) is 4.89. The number of ketones is 1. The average molecular weight is 307 g/mol. The van der Waals surface area contributed by atoms with Crippen molar-refractivity contribution < 1.29 is 23.5 Å². The highest BCUT2D eigenvalue weighted by atomic mass is 32.1. The van der Waals surface area contributed by atoms with E-state index < -0.39 is 11.9 Å². The summed E-state index contributed by atoms with van der Waals surface area (Å²) in [7, 11) is 0. The number of nitrogens with one attached hydrogen (secondary N) is 1. The van der Waals surface area contributed by atoms with Crippen molar-refractivity contribution in [2.75, 3.05) is 6.61 Å². The summed E-state index contributed by atoms with van der Waals surface area (Å²) in [5.74, 6) is -1.67. The van der Waals surface area contributed by atoms with Crippen LogP contribution in [0.3, 0.4) is 0 Å². The minimum absolute atomic E-state index is 0.146. The van der Waals surface area contributed by atoms with Crippen LogP contribution in [0.4, 0.5) is 0 Å². The first-order valence-electron chi connectivity index (χ1n) is 6.23. The minimum Gasteiger partial charge on any atom is -0.461 e. The van der Waals surface area contributed by atoms with Gasteiger partial charge in [-0.05, 0) is 31.2 Å². The summed E-state index contributed by atoms with van der Waals surface area (Å²) in [6.45, 7) is 1.93. The van der Waals surface area contributed by atoms with Gasteiger partial charge in [-0.2, -0.15) is 0 Å². The van der Waals surface area contributed by atoms with E-state index in [0.29, 0.717) is 4.88 Å². The molecule has 0 saturated heterocycles. The van der Waals surface area contributed by atoms with Crippen molar-refractivity contribution in [2.45, 2.75) is 13.5 Å². The molecule has 0 aliphatic heterocycles. The molecule has 1 N–H and O–H groups in total. The first-order chi connectivity index (χ1) is 10.1. The molecule has 0 atom stereocenters. The smallest absolute Gasteiger partial charge is 0.396 e. The third kappa shape index (κ3) is 3.79. The van der Waals surface area contributed by atoms with E-state index >= 15 is 0 Å². The Hall–Kier alpha value is -2.41. The lowest BCUT2D eigenvalue weighted by Gasteiger charge is -2.02. The quantitative estimate of drug-likeness (QED) is 0.517. The molecule has 2 aromatic rings. The number of furan rings is 1. The molecule has 0 unspecified atom stereocenters. The fourth-order valence-corrected chi connectivity index (χ4v) is 2.45. The van der Waals surface area contributed by atoms with E-state index in [2.05, 4.69) is 10.1 Å². The van der Waals surface area contributed by atoms with Gasteiger partial charge in [-0.1, -0.05) is 0 Å². The van der Waals surface area contributed by atoms with Crippen molar-refractivity contribution >= 4 is 29.0 Å². The van der Waals surface area contributed by atoms with Crippen LogP contribution in [0.5, 0.6) is 0 Å². The Morgan fingerprint density at radius 3 is 2.76 bits per heavy atom. The van der Waals surface area contributed by atoms with Gasteiger partial charge in [0.05, 0.1) is 24.3 Å². The number of carbonyl (C=O) groups is 3. The molecule has 0 fully saturated rings. The van der Waals surface area contributed by atoms with Gasteiger partial charge in [-0.3, -0.25) is 9.59 Å². The first kappa shape index (κ1) is 15.0. The zero-order valence-electron chi connectivity index (χ0n) is 11.3. The molecule has 1 amide bonds. The molecule has 0 aliphatic rings. The Morgan fingerprint density at radius 2 is 2.10 bits per heavy atom. The van der Waals surface area contributed by atoms with Gasteiger partial charge in [0.25, 0.3) is 0 Å². The van der Waals surface area contributed by atoms with Gasteiger partial charge in [-0.15, -0.1) is 11.3 Å². The molecule has 2 aromatic heterocycles. The lowest BCUT2D eigenvalue weighted by Crippen LogP contribution is -2.31. The van der Waals surface area contributed by atoms with Gasteiger partial charge in [0.15, 0.2) is 5.76 Å². The lowest BCUT2D eigenvalue weighted by molar-refractivity contribution is -0.154. The van der Waals surface area contributed by atoms with E-state index in [-0.39, 0.29) is 24.7 Å². The van der Waals surface area contributed by atoms with Gasteiger partial charge in [0.1, 0.15) is 0 Å².